The highest BCUT2D eigenvalue weighted by Crippen LogP contribution is 2.21. The molecule has 1 aliphatic rings. The number of Topliss-reactive ketones (excluding diaryl/α,β-unsaturated/α-hetero) is 1. The Morgan fingerprint density at radius 2 is 1.88 bits per heavy atom. The first-order valence-corrected chi connectivity index (χ1v) is 7.36. The van der Waals surface area contributed by atoms with E-state index in [0.29, 0.717) is 17.3 Å². The van der Waals surface area contributed by atoms with E-state index < -0.39 is 10.0 Å². The molecule has 1 saturated heterocycles. The fourth-order valence-electron chi connectivity index (χ4n) is 1.66. The van der Waals surface area contributed by atoms with Gasteiger partial charge in [0.2, 0.25) is 10.0 Å². The predicted molar refractivity (Wildman–Crippen MR) is 64.9 cm³/mol. The van der Waals surface area contributed by atoms with Crippen LogP contribution in [-0.2, 0) is 14.8 Å². The second-order valence-corrected chi connectivity index (χ2v) is 6.64. The Morgan fingerprint density at radius 3 is 2.47 bits per heavy atom. The van der Waals surface area contributed by atoms with E-state index in [1.807, 2.05) is 0 Å². The minimum Gasteiger partial charge on any atom is -0.300 e. The van der Waals surface area contributed by atoms with Crippen molar-refractivity contribution in [3.63, 3.8) is 0 Å². The maximum atomic E-state index is 12.2. The lowest BCUT2D eigenvalue weighted by molar-refractivity contribution is -0.120. The molecule has 0 spiro atoms. The summed E-state index contributed by atoms with van der Waals surface area (Å²) < 4.78 is 26.3. The molecule has 0 aliphatic carbocycles. The van der Waals surface area contributed by atoms with Crippen molar-refractivity contribution in [1.82, 2.24) is 9.29 Å². The lowest BCUT2D eigenvalue weighted by Gasteiger charge is -2.25. The first kappa shape index (κ1) is 12.7. The summed E-state index contributed by atoms with van der Waals surface area (Å²) in [5.74, 6) is 0.115. The van der Waals surface area contributed by atoms with Gasteiger partial charge in [-0.1, -0.05) is 0 Å². The third kappa shape index (κ3) is 2.72. The van der Waals surface area contributed by atoms with E-state index in [0.717, 1.165) is 0 Å². The zero-order valence-electron chi connectivity index (χ0n) is 8.97. The Kier molecular flexibility index (Phi) is 3.60. The number of aromatic nitrogens is 1. The molecule has 7 heteroatoms. The summed E-state index contributed by atoms with van der Waals surface area (Å²) in [4.78, 5) is 15.1. The van der Waals surface area contributed by atoms with Crippen molar-refractivity contribution in [2.24, 2.45) is 0 Å². The molecular weight excluding hydrogens is 308 g/mol. The summed E-state index contributed by atoms with van der Waals surface area (Å²) in [7, 11) is -3.52. The number of piperidine rings is 1. The van der Waals surface area contributed by atoms with Crippen molar-refractivity contribution in [2.75, 3.05) is 13.1 Å². The first-order valence-electron chi connectivity index (χ1n) is 5.12. The molecule has 0 radical (unpaired) electrons. The van der Waals surface area contributed by atoms with Crippen molar-refractivity contribution >= 4 is 31.7 Å². The van der Waals surface area contributed by atoms with Gasteiger partial charge in [-0.05, 0) is 22.0 Å². The van der Waals surface area contributed by atoms with Gasteiger partial charge in [-0.25, -0.2) is 8.42 Å². The van der Waals surface area contributed by atoms with Gasteiger partial charge in [0.25, 0.3) is 0 Å². The van der Waals surface area contributed by atoms with E-state index in [9.17, 15) is 13.2 Å². The average molecular weight is 319 g/mol. The van der Waals surface area contributed by atoms with Gasteiger partial charge in [-0.2, -0.15) is 4.31 Å². The van der Waals surface area contributed by atoms with Gasteiger partial charge >= 0.3 is 0 Å². The standard InChI is InChI=1S/C10H11BrN2O3S/c11-8-5-10(7-12-6-8)17(15,16)13-3-1-9(14)2-4-13/h5-7H,1-4H2. The zero-order valence-corrected chi connectivity index (χ0v) is 11.4. The summed E-state index contributed by atoms with van der Waals surface area (Å²) in [6.45, 7) is 0.515. The number of rotatable bonds is 2. The monoisotopic (exact) mass is 318 g/mol. The molecule has 1 aromatic rings. The van der Waals surface area contributed by atoms with E-state index in [1.165, 1.54) is 22.8 Å². The van der Waals surface area contributed by atoms with Gasteiger partial charge in [0, 0.05) is 42.8 Å². The number of ketones is 1. The molecule has 1 fully saturated rings. The van der Waals surface area contributed by atoms with Crippen molar-refractivity contribution in [1.29, 1.82) is 0 Å². The molecule has 1 aliphatic heterocycles. The van der Waals surface area contributed by atoms with Crippen LogP contribution in [0, 0.1) is 0 Å². The number of carbonyl (C=O) groups is 1. The smallest absolute Gasteiger partial charge is 0.244 e. The van der Waals surface area contributed by atoms with Crippen LogP contribution >= 0.6 is 15.9 Å². The molecule has 0 atom stereocenters. The largest absolute Gasteiger partial charge is 0.300 e. The molecule has 1 aromatic heterocycles. The lowest BCUT2D eigenvalue weighted by atomic mass is 10.1. The SMILES string of the molecule is O=C1CCN(S(=O)(=O)c2cncc(Br)c2)CC1. The van der Waals surface area contributed by atoms with Crippen LogP contribution in [0.5, 0.6) is 0 Å². The van der Waals surface area contributed by atoms with Gasteiger partial charge in [0.05, 0.1) is 0 Å². The van der Waals surface area contributed by atoms with Gasteiger partial charge < -0.3 is 0 Å². The Balaban J connectivity index is 2.27. The van der Waals surface area contributed by atoms with Crippen LogP contribution in [0.15, 0.2) is 27.8 Å². The van der Waals surface area contributed by atoms with Crippen LogP contribution in [0.25, 0.3) is 0 Å². The minimum absolute atomic E-state index is 0.115. The predicted octanol–water partition coefficient (Wildman–Crippen LogP) is 1.20. The van der Waals surface area contributed by atoms with Crippen LogP contribution in [0.1, 0.15) is 12.8 Å². The fourth-order valence-corrected chi connectivity index (χ4v) is 3.61. The number of halogens is 1. The highest BCUT2D eigenvalue weighted by Gasteiger charge is 2.28. The third-order valence-electron chi connectivity index (χ3n) is 2.60. The summed E-state index contributed by atoms with van der Waals surface area (Å²) in [5, 5.41) is 0. The number of sulfonamides is 1. The molecule has 5 nitrogen and oxygen atoms in total. The maximum absolute atomic E-state index is 12.2. The molecular formula is C10H11BrN2O3S. The second-order valence-electron chi connectivity index (χ2n) is 3.78. The van der Waals surface area contributed by atoms with Crippen LogP contribution < -0.4 is 0 Å². The fraction of sp³-hybridized carbons (Fsp3) is 0.400. The maximum Gasteiger partial charge on any atom is 0.244 e. The average Bonchev–Trinajstić information content (AvgIpc) is 2.29. The van der Waals surface area contributed by atoms with Crippen molar-refractivity contribution in [3.8, 4) is 0 Å². The van der Waals surface area contributed by atoms with Crippen molar-refractivity contribution in [3.05, 3.63) is 22.9 Å². The molecule has 0 bridgehead atoms. The number of carbonyl (C=O) groups excluding carboxylic acids is 1. The molecule has 0 aromatic carbocycles. The molecule has 0 saturated carbocycles. The second kappa shape index (κ2) is 4.83. The quantitative estimate of drug-likeness (QED) is 0.821. The van der Waals surface area contributed by atoms with Crippen LogP contribution in [0.3, 0.4) is 0 Å². The third-order valence-corrected chi connectivity index (χ3v) is 4.90. The number of hydrogen-bond acceptors (Lipinski definition) is 4. The zero-order chi connectivity index (χ0) is 12.5. The van der Waals surface area contributed by atoms with Crippen LogP contribution in [-0.4, -0.2) is 36.6 Å². The van der Waals surface area contributed by atoms with Gasteiger partial charge in [-0.3, -0.25) is 9.78 Å². The van der Waals surface area contributed by atoms with Crippen LogP contribution in [0.2, 0.25) is 0 Å². The topological polar surface area (TPSA) is 67.3 Å². The molecule has 0 unspecified atom stereocenters. The Labute approximate surface area is 108 Å². The molecule has 0 amide bonds. The lowest BCUT2D eigenvalue weighted by Crippen LogP contribution is -2.38. The van der Waals surface area contributed by atoms with Crippen LogP contribution in [0.4, 0.5) is 0 Å². The number of pyridine rings is 1. The summed E-state index contributed by atoms with van der Waals surface area (Å²) in [5.41, 5.74) is 0. The number of nitrogens with zero attached hydrogens (tertiary/aromatic N) is 2. The van der Waals surface area contributed by atoms with E-state index in [4.69, 9.17) is 0 Å². The first-order chi connectivity index (χ1) is 8.00. The molecule has 2 heterocycles. The van der Waals surface area contributed by atoms with Gasteiger partial charge in [0.15, 0.2) is 0 Å². The molecule has 92 valence electrons. The highest BCUT2D eigenvalue weighted by molar-refractivity contribution is 9.10. The number of hydrogen-bond donors (Lipinski definition) is 0. The Morgan fingerprint density at radius 1 is 1.24 bits per heavy atom. The summed E-state index contributed by atoms with van der Waals surface area (Å²) in [6, 6.07) is 1.51. The highest BCUT2D eigenvalue weighted by atomic mass is 79.9. The summed E-state index contributed by atoms with van der Waals surface area (Å²) >= 11 is 3.19. The van der Waals surface area contributed by atoms with Gasteiger partial charge in [-0.15, -0.1) is 0 Å². The molecule has 2 rings (SSSR count). The van der Waals surface area contributed by atoms with Gasteiger partial charge in [0.1, 0.15) is 10.7 Å². The molecule has 17 heavy (non-hydrogen) atoms. The van der Waals surface area contributed by atoms with Crippen molar-refractivity contribution in [2.45, 2.75) is 17.7 Å². The Bertz CT molecular complexity index is 534. The van der Waals surface area contributed by atoms with E-state index in [1.54, 1.807) is 0 Å². The van der Waals surface area contributed by atoms with E-state index in [2.05, 4.69) is 20.9 Å². The Hall–Kier alpha value is -0.790. The van der Waals surface area contributed by atoms with E-state index >= 15 is 0 Å². The molecule has 0 N–H and O–H groups in total. The summed E-state index contributed by atoms with van der Waals surface area (Å²) in [6.07, 6.45) is 3.43. The van der Waals surface area contributed by atoms with Crippen molar-refractivity contribution < 1.29 is 13.2 Å². The minimum atomic E-state index is -3.52. The van der Waals surface area contributed by atoms with E-state index in [-0.39, 0.29) is 23.8 Å². The normalized spacial score (nSPS) is 18.3.